The molecule has 2 saturated heterocycles. The summed E-state index contributed by atoms with van der Waals surface area (Å²) in [4.78, 5) is 28.1. The van der Waals surface area contributed by atoms with Crippen molar-refractivity contribution in [1.29, 1.82) is 0 Å². The highest BCUT2D eigenvalue weighted by Gasteiger charge is 2.42. The van der Waals surface area contributed by atoms with Crippen LogP contribution in [-0.2, 0) is 15.7 Å². The van der Waals surface area contributed by atoms with Gasteiger partial charge in [0.05, 0.1) is 11.8 Å². The van der Waals surface area contributed by atoms with Crippen LogP contribution in [0.3, 0.4) is 0 Å². The molecular weight excluding hydrogens is 420 g/mol. The molecule has 7 nitrogen and oxygen atoms in total. The van der Waals surface area contributed by atoms with Crippen molar-refractivity contribution in [2.75, 3.05) is 32.8 Å². The summed E-state index contributed by atoms with van der Waals surface area (Å²) >= 11 is 0. The number of benzene rings is 1. The minimum Gasteiger partial charge on any atom is -0.368 e. The average Bonchev–Trinajstić information content (AvgIpc) is 3.43. The number of hydrogen-bond donors (Lipinski definition) is 0. The Morgan fingerprint density at radius 3 is 2.35 bits per heavy atom. The lowest BCUT2D eigenvalue weighted by Gasteiger charge is -2.35. The zero-order chi connectivity index (χ0) is 22.2. The van der Waals surface area contributed by atoms with Crippen LogP contribution in [0.5, 0.6) is 0 Å². The largest absolute Gasteiger partial charge is 0.434 e. The molecule has 2 aromatic rings. The first-order valence-corrected chi connectivity index (χ1v) is 9.87. The molecule has 1 aromatic heterocycles. The van der Waals surface area contributed by atoms with Gasteiger partial charge in [-0.15, -0.1) is 0 Å². The summed E-state index contributed by atoms with van der Waals surface area (Å²) in [6.07, 6.45) is -3.16. The maximum atomic E-state index is 14.1. The van der Waals surface area contributed by atoms with Crippen LogP contribution in [0.15, 0.2) is 30.5 Å². The first kappa shape index (κ1) is 21.3. The van der Waals surface area contributed by atoms with E-state index in [2.05, 4.69) is 5.10 Å². The summed E-state index contributed by atoms with van der Waals surface area (Å²) in [5.41, 5.74) is -2.39. The molecule has 0 aliphatic carbocycles. The van der Waals surface area contributed by atoms with E-state index in [0.29, 0.717) is 17.7 Å². The second-order valence-corrected chi connectivity index (χ2v) is 7.39. The number of piperazine rings is 1. The summed E-state index contributed by atoms with van der Waals surface area (Å²) in [6, 6.07) is 4.90. The highest BCUT2D eigenvalue weighted by Crippen LogP contribution is 2.34. The van der Waals surface area contributed by atoms with Gasteiger partial charge in [-0.1, -0.05) is 12.1 Å². The molecular formula is C20H20F4N4O3. The van der Waals surface area contributed by atoms with E-state index in [-0.39, 0.29) is 32.1 Å². The van der Waals surface area contributed by atoms with Gasteiger partial charge in [0.2, 0.25) is 0 Å². The van der Waals surface area contributed by atoms with Gasteiger partial charge in [0.1, 0.15) is 17.6 Å². The van der Waals surface area contributed by atoms with Crippen molar-refractivity contribution in [2.24, 2.45) is 0 Å². The smallest absolute Gasteiger partial charge is 0.368 e. The molecule has 1 unspecified atom stereocenters. The fourth-order valence-corrected chi connectivity index (χ4v) is 3.86. The van der Waals surface area contributed by atoms with Gasteiger partial charge < -0.3 is 14.5 Å². The topological polar surface area (TPSA) is 67.7 Å². The second kappa shape index (κ2) is 8.29. The van der Waals surface area contributed by atoms with E-state index in [1.807, 2.05) is 0 Å². The molecule has 0 saturated carbocycles. The van der Waals surface area contributed by atoms with Gasteiger partial charge in [0.15, 0.2) is 5.69 Å². The quantitative estimate of drug-likeness (QED) is 0.688. The van der Waals surface area contributed by atoms with Gasteiger partial charge in [0.25, 0.3) is 11.8 Å². The highest BCUT2D eigenvalue weighted by atomic mass is 19.4. The van der Waals surface area contributed by atoms with Crippen molar-refractivity contribution >= 4 is 11.8 Å². The minimum absolute atomic E-state index is 0.0828. The van der Waals surface area contributed by atoms with Gasteiger partial charge >= 0.3 is 6.18 Å². The third kappa shape index (κ3) is 4.14. The van der Waals surface area contributed by atoms with Crippen LogP contribution in [0.4, 0.5) is 17.6 Å². The minimum atomic E-state index is -4.93. The predicted molar refractivity (Wildman–Crippen MR) is 100.0 cm³/mol. The van der Waals surface area contributed by atoms with Crippen molar-refractivity contribution in [3.63, 3.8) is 0 Å². The zero-order valence-corrected chi connectivity index (χ0v) is 16.4. The molecule has 4 rings (SSSR count). The van der Waals surface area contributed by atoms with Crippen LogP contribution in [-0.4, -0.2) is 70.3 Å². The van der Waals surface area contributed by atoms with E-state index < -0.39 is 40.9 Å². The Morgan fingerprint density at radius 2 is 1.74 bits per heavy atom. The van der Waals surface area contributed by atoms with E-state index in [9.17, 15) is 27.2 Å². The number of nitrogens with zero attached hydrogens (tertiary/aromatic N) is 4. The lowest BCUT2D eigenvalue weighted by atomic mass is 10.1. The van der Waals surface area contributed by atoms with Crippen LogP contribution < -0.4 is 0 Å². The number of rotatable bonds is 3. The molecule has 0 N–H and O–H groups in total. The van der Waals surface area contributed by atoms with Gasteiger partial charge in [-0.05, 0) is 25.0 Å². The Kier molecular flexibility index (Phi) is 5.69. The lowest BCUT2D eigenvalue weighted by molar-refractivity contribution is -0.143. The van der Waals surface area contributed by atoms with Crippen molar-refractivity contribution < 1.29 is 31.9 Å². The summed E-state index contributed by atoms with van der Waals surface area (Å²) in [6.45, 7) is 1.10. The number of halogens is 4. The normalized spacial score (nSPS) is 19.7. The average molecular weight is 440 g/mol. The fourth-order valence-electron chi connectivity index (χ4n) is 3.86. The Bertz CT molecular complexity index is 977. The monoisotopic (exact) mass is 440 g/mol. The van der Waals surface area contributed by atoms with Crippen molar-refractivity contribution in [3.8, 4) is 5.69 Å². The molecule has 3 heterocycles. The molecule has 11 heteroatoms. The first-order chi connectivity index (χ1) is 14.8. The number of aromatic nitrogens is 2. The number of carbonyl (C=O) groups excluding carboxylic acids is 2. The van der Waals surface area contributed by atoms with Crippen LogP contribution in [0.25, 0.3) is 5.69 Å². The van der Waals surface area contributed by atoms with E-state index in [0.717, 1.165) is 24.8 Å². The fraction of sp³-hybridized carbons (Fsp3) is 0.450. The molecule has 0 spiro atoms. The first-order valence-electron chi connectivity index (χ1n) is 9.87. The number of carbonyl (C=O) groups is 2. The van der Waals surface area contributed by atoms with Crippen LogP contribution in [0, 0.1) is 5.82 Å². The van der Waals surface area contributed by atoms with E-state index >= 15 is 0 Å². The van der Waals surface area contributed by atoms with Gasteiger partial charge in [-0.2, -0.15) is 18.3 Å². The third-order valence-corrected chi connectivity index (χ3v) is 5.43. The molecule has 2 aliphatic heterocycles. The molecule has 166 valence electrons. The van der Waals surface area contributed by atoms with Gasteiger partial charge in [-0.25, -0.2) is 9.07 Å². The number of alkyl halides is 3. The lowest BCUT2D eigenvalue weighted by Crippen LogP contribution is -2.53. The molecule has 2 amide bonds. The van der Waals surface area contributed by atoms with Crippen LogP contribution in [0.1, 0.15) is 28.9 Å². The molecule has 31 heavy (non-hydrogen) atoms. The van der Waals surface area contributed by atoms with Gasteiger partial charge in [-0.3, -0.25) is 9.59 Å². The second-order valence-electron chi connectivity index (χ2n) is 7.39. The number of hydrogen-bond acceptors (Lipinski definition) is 4. The van der Waals surface area contributed by atoms with E-state index in [4.69, 9.17) is 4.74 Å². The molecule has 1 aromatic carbocycles. The number of ether oxygens (including phenoxy) is 1. The Labute approximate surface area is 175 Å². The van der Waals surface area contributed by atoms with E-state index in [1.54, 1.807) is 4.90 Å². The van der Waals surface area contributed by atoms with Crippen molar-refractivity contribution in [2.45, 2.75) is 25.1 Å². The Balaban J connectivity index is 1.54. The predicted octanol–water partition coefficient (Wildman–Crippen LogP) is 2.49. The maximum Gasteiger partial charge on any atom is 0.434 e. The molecule has 1 atom stereocenters. The summed E-state index contributed by atoms with van der Waals surface area (Å²) < 4.78 is 61.3. The van der Waals surface area contributed by atoms with Crippen molar-refractivity contribution in [1.82, 2.24) is 19.6 Å². The Morgan fingerprint density at radius 1 is 1.06 bits per heavy atom. The van der Waals surface area contributed by atoms with Gasteiger partial charge in [0, 0.05) is 32.8 Å². The zero-order valence-electron chi connectivity index (χ0n) is 16.4. The molecule has 0 radical (unpaired) electrons. The van der Waals surface area contributed by atoms with Crippen molar-refractivity contribution in [3.05, 3.63) is 47.5 Å². The highest BCUT2D eigenvalue weighted by molar-refractivity contribution is 5.95. The number of amides is 2. The SMILES string of the molecule is O=C(c1cnn(-c2ccccc2F)c1C(F)(F)F)N1CCN(C(=O)C2CCCO2)CC1. The molecule has 2 aliphatic rings. The Hall–Kier alpha value is -2.95. The molecule has 0 bridgehead atoms. The standard InChI is InChI=1S/C20H20F4N4O3/c21-14-4-1-2-5-15(14)28-17(20(22,23)24)13(12-25-28)18(29)26-7-9-27(10-8-26)19(30)16-6-3-11-31-16/h1-2,4-5,12,16H,3,6-11H2. The summed E-state index contributed by atoms with van der Waals surface area (Å²) in [5.74, 6) is -1.91. The third-order valence-electron chi connectivity index (χ3n) is 5.43. The summed E-state index contributed by atoms with van der Waals surface area (Å²) in [5, 5.41) is 3.65. The van der Waals surface area contributed by atoms with Crippen LogP contribution >= 0.6 is 0 Å². The van der Waals surface area contributed by atoms with E-state index in [1.165, 1.54) is 17.0 Å². The number of para-hydroxylation sites is 1. The maximum absolute atomic E-state index is 14.1. The molecule has 2 fully saturated rings. The summed E-state index contributed by atoms with van der Waals surface area (Å²) in [7, 11) is 0. The van der Waals surface area contributed by atoms with Crippen LogP contribution in [0.2, 0.25) is 0 Å².